The lowest BCUT2D eigenvalue weighted by Gasteiger charge is -2.14. The number of fused-ring (bicyclic) bond motifs is 2. The van der Waals surface area contributed by atoms with Gasteiger partial charge in [-0.1, -0.05) is 65.8 Å². The minimum atomic E-state index is -3.78. The van der Waals surface area contributed by atoms with Crippen molar-refractivity contribution in [3.8, 4) is 22.3 Å². The first kappa shape index (κ1) is 37.9. The number of pyridine rings is 2. The van der Waals surface area contributed by atoms with Crippen LogP contribution in [0.2, 0.25) is 0 Å². The summed E-state index contributed by atoms with van der Waals surface area (Å²) in [6, 6.07) is 24.9. The van der Waals surface area contributed by atoms with Crippen LogP contribution in [0, 0.1) is 11.6 Å². The first-order valence-corrected chi connectivity index (χ1v) is 20.7. The van der Waals surface area contributed by atoms with Crippen molar-refractivity contribution in [3.63, 3.8) is 0 Å². The number of aromatic nitrogens is 2. The van der Waals surface area contributed by atoms with Crippen LogP contribution in [0.1, 0.15) is 11.4 Å². The molecular weight excluding hydrogens is 737 g/mol. The third-order valence-electron chi connectivity index (χ3n) is 7.60. The lowest BCUT2D eigenvalue weighted by molar-refractivity contribution is 0.308. The Morgan fingerprint density at radius 1 is 0.635 bits per heavy atom. The number of halogens is 2. The minimum Gasteiger partial charge on any atom is -0.264 e. The van der Waals surface area contributed by atoms with E-state index in [2.05, 4.69) is 20.0 Å². The van der Waals surface area contributed by atoms with Crippen LogP contribution in [-0.2, 0) is 47.1 Å². The van der Waals surface area contributed by atoms with Gasteiger partial charge < -0.3 is 0 Å². The highest BCUT2D eigenvalue weighted by Gasteiger charge is 2.21. The van der Waals surface area contributed by atoms with Gasteiger partial charge in [-0.05, 0) is 41.9 Å². The molecule has 6 rings (SSSR count). The summed E-state index contributed by atoms with van der Waals surface area (Å²) in [5, 5.41) is 4.49. The molecule has 52 heavy (non-hydrogen) atoms. The highest BCUT2D eigenvalue weighted by Crippen LogP contribution is 2.34. The lowest BCUT2D eigenvalue weighted by atomic mass is 10.0. The molecule has 0 unspecified atom stereocenters. The van der Waals surface area contributed by atoms with E-state index in [1.807, 2.05) is 0 Å². The molecule has 0 N–H and O–H groups in total. The average molecular weight is 766 g/mol. The molecule has 0 bridgehead atoms. The summed E-state index contributed by atoms with van der Waals surface area (Å²) in [6.45, 7) is -0.565. The third-order valence-corrected chi connectivity index (χ3v) is 10.5. The second-order valence-electron chi connectivity index (χ2n) is 11.5. The van der Waals surface area contributed by atoms with Crippen molar-refractivity contribution in [1.82, 2.24) is 9.97 Å². The second-order valence-corrected chi connectivity index (χ2v) is 17.1. The van der Waals surface area contributed by atoms with Crippen LogP contribution in [-0.4, -0.2) is 54.0 Å². The largest absolute Gasteiger partial charge is 0.264 e. The number of rotatable bonds is 9. The zero-order valence-electron chi connectivity index (χ0n) is 27.7. The summed E-state index contributed by atoms with van der Waals surface area (Å²) >= 11 is 0. The number of sulfone groups is 2. The molecule has 4 aromatic carbocycles. The summed E-state index contributed by atoms with van der Waals surface area (Å²) < 4.78 is 104. The fourth-order valence-corrected chi connectivity index (χ4v) is 7.52. The van der Waals surface area contributed by atoms with E-state index in [1.165, 1.54) is 30.3 Å². The molecule has 0 amide bonds. The van der Waals surface area contributed by atoms with E-state index in [0.717, 1.165) is 18.8 Å². The van der Waals surface area contributed by atoms with Crippen LogP contribution in [0.4, 0.5) is 8.78 Å². The fourth-order valence-electron chi connectivity index (χ4n) is 5.38. The van der Waals surface area contributed by atoms with Crippen LogP contribution in [0.25, 0.3) is 54.5 Å². The maximum absolute atomic E-state index is 14.1. The van der Waals surface area contributed by atoms with Crippen molar-refractivity contribution in [2.75, 3.05) is 18.8 Å². The molecule has 6 aromatic rings. The monoisotopic (exact) mass is 765 g/mol. The van der Waals surface area contributed by atoms with E-state index in [0.29, 0.717) is 38.7 Å². The Hall–Kier alpha value is -5.32. The minimum absolute atomic E-state index is 0.0465. The molecule has 0 saturated heterocycles. The van der Waals surface area contributed by atoms with E-state index >= 15 is 0 Å². The number of nitrogens with zero attached hydrogens (tertiary/aromatic N) is 5. The van der Waals surface area contributed by atoms with Crippen molar-refractivity contribution >= 4 is 51.6 Å². The molecule has 2 heterocycles. The van der Waals surface area contributed by atoms with Gasteiger partial charge in [0.15, 0.2) is 19.7 Å². The highest BCUT2D eigenvalue weighted by atomic mass is 32.2. The van der Waals surface area contributed by atoms with Gasteiger partial charge in [0.05, 0.1) is 34.0 Å². The zero-order valence-corrected chi connectivity index (χ0v) is 30.2. The van der Waals surface area contributed by atoms with Crippen molar-refractivity contribution in [1.29, 1.82) is 0 Å². The first-order valence-electron chi connectivity index (χ1n) is 15.1. The van der Waals surface area contributed by atoms with E-state index in [-0.39, 0.29) is 33.1 Å². The molecule has 0 spiro atoms. The molecule has 0 aliphatic carbocycles. The van der Waals surface area contributed by atoms with Gasteiger partial charge in [0, 0.05) is 50.4 Å². The Bertz CT molecular complexity index is 2740. The Balaban J connectivity index is 0.000000202. The quantitative estimate of drug-likeness (QED) is 0.0636. The summed E-state index contributed by atoms with van der Waals surface area (Å²) in [6.07, 6.45) is 3.08. The summed E-state index contributed by atoms with van der Waals surface area (Å²) in [5.41, 5.74) is 10.9. The Morgan fingerprint density at radius 2 is 1.08 bits per heavy atom. The van der Waals surface area contributed by atoms with E-state index in [9.17, 15) is 34.0 Å². The van der Waals surface area contributed by atoms with E-state index in [1.54, 1.807) is 66.7 Å². The molecule has 0 radical (unpaired) electrons. The number of benzene rings is 4. The van der Waals surface area contributed by atoms with E-state index in [4.69, 9.17) is 9.71 Å². The van der Waals surface area contributed by atoms with Crippen molar-refractivity contribution < 1.29 is 38.2 Å². The van der Waals surface area contributed by atoms with Gasteiger partial charge in [-0.25, -0.2) is 35.6 Å². The third kappa shape index (κ3) is 8.75. The Kier molecular flexibility index (Phi) is 11.0. The summed E-state index contributed by atoms with van der Waals surface area (Å²) in [5.74, 6) is -1.07. The SMILES string of the molecule is CS(=O)(=O)OCc1nc2c(F)cccc2cc1-c1ccccc1S(C)(=O)=O.CS(=O)(=O)c1ccccc1-c1cc2cccc(F)c2nc1CN=[N+]=[N-]. The molecule has 0 fully saturated rings. The predicted molar refractivity (Wildman–Crippen MR) is 193 cm³/mol. The molecule has 0 aliphatic heterocycles. The van der Waals surface area contributed by atoms with E-state index < -0.39 is 48.0 Å². The van der Waals surface area contributed by atoms with Crippen LogP contribution >= 0.6 is 0 Å². The summed E-state index contributed by atoms with van der Waals surface area (Å²) in [4.78, 5) is 11.4. The predicted octanol–water partition coefficient (Wildman–Crippen LogP) is 7.18. The van der Waals surface area contributed by atoms with Crippen molar-refractivity contribution in [3.05, 3.63) is 131 Å². The standard InChI is InChI=1S/C18H16FNO5S2.C17H13FN4O2S/c1-26(21,22)17-9-4-3-7-13(17)14-10-12-6-5-8-15(19)18(12)20-16(14)11-25-27(2,23)24;1-25(23,24)16-8-3-2-6-12(16)13-9-11-5-4-7-14(18)17(11)21-15(13)10-20-22-19/h3-10H,11H2,1-2H3;2-9H,10H2,1H3. The van der Waals surface area contributed by atoms with Gasteiger partial charge >= 0.3 is 0 Å². The molecule has 12 nitrogen and oxygen atoms in total. The normalized spacial score (nSPS) is 11.9. The number of azide groups is 1. The van der Waals surface area contributed by atoms with Gasteiger partial charge in [0.25, 0.3) is 10.1 Å². The maximum Gasteiger partial charge on any atom is 0.264 e. The smallest absolute Gasteiger partial charge is 0.264 e. The molecule has 0 atom stereocenters. The van der Waals surface area contributed by atoms with Crippen LogP contribution < -0.4 is 0 Å². The van der Waals surface area contributed by atoms with Gasteiger partial charge in [-0.2, -0.15) is 8.42 Å². The molecule has 0 aliphatic rings. The summed E-state index contributed by atoms with van der Waals surface area (Å²) in [7, 11) is -10.8. The van der Waals surface area contributed by atoms with Gasteiger partial charge in [0.1, 0.15) is 29.3 Å². The molecule has 17 heteroatoms. The number of hydrogen-bond acceptors (Lipinski definition) is 10. The molecule has 268 valence electrons. The Labute approximate surface area is 298 Å². The van der Waals surface area contributed by atoms with Crippen LogP contribution in [0.15, 0.2) is 112 Å². The molecular formula is C35H29F2N5O7S3. The van der Waals surface area contributed by atoms with Gasteiger partial charge in [-0.15, -0.1) is 0 Å². The number of para-hydroxylation sites is 2. The average Bonchev–Trinajstić information content (AvgIpc) is 3.09. The number of hydrogen-bond donors (Lipinski definition) is 0. The lowest BCUT2D eigenvalue weighted by Crippen LogP contribution is -2.07. The Morgan fingerprint density at radius 3 is 1.52 bits per heavy atom. The maximum atomic E-state index is 14.1. The van der Waals surface area contributed by atoms with Crippen LogP contribution in [0.5, 0.6) is 0 Å². The second kappa shape index (κ2) is 15.1. The molecule has 0 saturated carbocycles. The topological polar surface area (TPSA) is 186 Å². The van der Waals surface area contributed by atoms with Gasteiger partial charge in [-0.3, -0.25) is 4.18 Å². The van der Waals surface area contributed by atoms with Crippen molar-refractivity contribution in [2.45, 2.75) is 22.9 Å². The van der Waals surface area contributed by atoms with Crippen molar-refractivity contribution in [2.24, 2.45) is 5.11 Å². The molecule has 2 aromatic heterocycles. The van der Waals surface area contributed by atoms with Crippen LogP contribution in [0.3, 0.4) is 0 Å². The highest BCUT2D eigenvalue weighted by molar-refractivity contribution is 7.91. The fraction of sp³-hybridized carbons (Fsp3) is 0.143. The van der Waals surface area contributed by atoms with Gasteiger partial charge in [0.2, 0.25) is 0 Å². The first-order chi connectivity index (χ1) is 24.5. The zero-order chi connectivity index (χ0) is 37.8.